The minimum Gasteiger partial charge on any atom is -0.394 e. The lowest BCUT2D eigenvalue weighted by Gasteiger charge is -2.41. The number of fused-ring (bicyclic) bond motifs is 1. The molecule has 3 heterocycles. The van der Waals surface area contributed by atoms with E-state index in [1.807, 2.05) is 4.90 Å². The van der Waals surface area contributed by atoms with Crippen LogP contribution >= 0.6 is 0 Å². The third-order valence-electron chi connectivity index (χ3n) is 8.12. The van der Waals surface area contributed by atoms with Gasteiger partial charge in [0.15, 0.2) is 0 Å². The quantitative estimate of drug-likeness (QED) is 0.144. The molecule has 0 bridgehead atoms. The van der Waals surface area contributed by atoms with Gasteiger partial charge in [0, 0.05) is 74.5 Å². The minimum atomic E-state index is -5.09. The Morgan fingerprint density at radius 2 is 1.67 bits per heavy atom. The molecule has 1 atom stereocenters. The lowest BCUT2D eigenvalue weighted by atomic mass is 9.98. The number of nitrogens with one attached hydrogen (secondary N) is 1. The summed E-state index contributed by atoms with van der Waals surface area (Å²) in [4.78, 5) is 27.7. The van der Waals surface area contributed by atoms with Crippen LogP contribution in [0.5, 0.6) is 0 Å². The number of morpholine rings is 1. The monoisotopic (exact) mass is 657 g/mol. The van der Waals surface area contributed by atoms with Crippen molar-refractivity contribution in [1.82, 2.24) is 19.7 Å². The zero-order valence-electron chi connectivity index (χ0n) is 25.1. The molecule has 3 aromatic rings. The van der Waals surface area contributed by atoms with Gasteiger partial charge in [0.25, 0.3) is 5.91 Å². The molecule has 2 fully saturated rings. The summed E-state index contributed by atoms with van der Waals surface area (Å²) in [5.41, 5.74) is -1.89. The fraction of sp³-hybridized carbons (Fsp3) is 0.484. The average Bonchev–Trinajstić information content (AvgIpc) is 3.40. The molecule has 8 nitrogen and oxygen atoms in total. The topological polar surface area (TPSA) is 73.4 Å². The smallest absolute Gasteiger partial charge is 0.394 e. The van der Waals surface area contributed by atoms with E-state index in [1.54, 1.807) is 19.2 Å². The highest BCUT2D eigenvalue weighted by molar-refractivity contribution is 5.95. The summed E-state index contributed by atoms with van der Waals surface area (Å²) in [5, 5.41) is 4.76. The van der Waals surface area contributed by atoms with Gasteiger partial charge in [-0.15, -0.1) is 0 Å². The first-order valence-corrected chi connectivity index (χ1v) is 14.8. The molecule has 5 rings (SSSR count). The van der Waals surface area contributed by atoms with Gasteiger partial charge in [-0.25, -0.2) is 4.39 Å². The highest BCUT2D eigenvalue weighted by Gasteiger charge is 2.39. The van der Waals surface area contributed by atoms with Crippen LogP contribution in [-0.4, -0.2) is 103 Å². The number of hydrogen-bond acceptors (Lipinski definition) is 6. The van der Waals surface area contributed by atoms with Crippen LogP contribution in [0.1, 0.15) is 34.0 Å². The van der Waals surface area contributed by atoms with Gasteiger partial charge in [-0.2, -0.15) is 26.3 Å². The summed E-state index contributed by atoms with van der Waals surface area (Å²) in [6.45, 7) is 6.75. The largest absolute Gasteiger partial charge is 0.416 e. The summed E-state index contributed by atoms with van der Waals surface area (Å²) in [5.74, 6) is -1.43. The predicted molar refractivity (Wildman–Crippen MR) is 156 cm³/mol. The van der Waals surface area contributed by atoms with Crippen molar-refractivity contribution in [2.24, 2.45) is 5.16 Å². The summed E-state index contributed by atoms with van der Waals surface area (Å²) in [6, 6.07) is 4.42. The number of benzene rings is 2. The van der Waals surface area contributed by atoms with Gasteiger partial charge in [0.1, 0.15) is 12.4 Å². The number of rotatable bonds is 9. The van der Waals surface area contributed by atoms with Gasteiger partial charge >= 0.3 is 12.4 Å². The molecule has 1 amide bonds. The minimum absolute atomic E-state index is 0.00216. The maximum Gasteiger partial charge on any atom is 0.416 e. The standard InChI is InChI=1S/C31H34F7N5O3/c1-20(40-46-11-8-41-6-9-45-10-7-41)18-42-4-5-43(26(19-42)14-22-17-39-28-3-2-25(32)16-27(22)28)29(44)21-12-23(30(33,34)35)15-24(13-21)31(36,37)38/h2-3,12-13,15-17,26,39H,4-11,14,18-19H2,1H3/b40-20+. The molecule has 1 aromatic heterocycles. The van der Waals surface area contributed by atoms with Crippen LogP contribution in [0.25, 0.3) is 10.9 Å². The molecule has 2 aliphatic rings. The zero-order chi connectivity index (χ0) is 33.1. The number of aromatic nitrogens is 1. The Labute approximate surface area is 260 Å². The number of carbonyl (C=O) groups excluding carboxylic acids is 1. The summed E-state index contributed by atoms with van der Waals surface area (Å²) >= 11 is 0. The maximum absolute atomic E-state index is 14.1. The second kappa shape index (κ2) is 14.0. The lowest BCUT2D eigenvalue weighted by molar-refractivity contribution is -0.143. The number of aromatic amines is 1. The number of hydrogen-bond donors (Lipinski definition) is 1. The fourth-order valence-electron chi connectivity index (χ4n) is 5.83. The van der Waals surface area contributed by atoms with Crippen LogP contribution < -0.4 is 0 Å². The van der Waals surface area contributed by atoms with Crippen LogP contribution in [0.2, 0.25) is 0 Å². The third kappa shape index (κ3) is 8.36. The van der Waals surface area contributed by atoms with E-state index in [9.17, 15) is 35.5 Å². The normalized spacial score (nSPS) is 19.2. The number of oxime groups is 1. The SMILES string of the molecule is C/C(CN1CCN(C(=O)c2cc(C(F)(F)F)cc(C(F)(F)F)c2)C(Cc2c[nH]c3ccc(F)cc23)C1)=N\OCCN1CCOCC1. The van der Waals surface area contributed by atoms with Gasteiger partial charge < -0.3 is 19.5 Å². The van der Waals surface area contributed by atoms with Crippen molar-refractivity contribution in [3.05, 3.63) is 70.7 Å². The Morgan fingerprint density at radius 1 is 0.978 bits per heavy atom. The molecule has 1 unspecified atom stereocenters. The number of carbonyl (C=O) groups is 1. The summed E-state index contributed by atoms with van der Waals surface area (Å²) in [6.07, 6.45) is -8.36. The van der Waals surface area contributed by atoms with E-state index >= 15 is 0 Å². The molecule has 0 saturated carbocycles. The molecule has 1 N–H and O–H groups in total. The molecule has 46 heavy (non-hydrogen) atoms. The van der Waals surface area contributed by atoms with Crippen LogP contribution in [0.3, 0.4) is 0 Å². The van der Waals surface area contributed by atoms with Crippen LogP contribution in [0, 0.1) is 5.82 Å². The van der Waals surface area contributed by atoms with Crippen LogP contribution in [0.4, 0.5) is 30.7 Å². The number of piperazine rings is 1. The maximum atomic E-state index is 14.1. The van der Waals surface area contributed by atoms with Crippen molar-refractivity contribution >= 4 is 22.5 Å². The molecule has 250 valence electrons. The molecular weight excluding hydrogens is 623 g/mol. The van der Waals surface area contributed by atoms with Crippen molar-refractivity contribution in [2.45, 2.75) is 31.7 Å². The molecule has 15 heteroatoms. The molecule has 0 aliphatic carbocycles. The van der Waals surface area contributed by atoms with E-state index in [0.29, 0.717) is 67.2 Å². The van der Waals surface area contributed by atoms with Gasteiger partial charge in [0.05, 0.1) is 30.1 Å². The first-order valence-electron chi connectivity index (χ1n) is 14.8. The predicted octanol–water partition coefficient (Wildman–Crippen LogP) is 5.44. The number of ether oxygens (including phenoxy) is 1. The van der Waals surface area contributed by atoms with E-state index in [-0.39, 0.29) is 32.1 Å². The van der Waals surface area contributed by atoms with E-state index in [4.69, 9.17) is 9.57 Å². The number of halogens is 7. The molecule has 2 saturated heterocycles. The van der Waals surface area contributed by atoms with Crippen LogP contribution in [-0.2, 0) is 28.3 Å². The van der Waals surface area contributed by atoms with Crippen molar-refractivity contribution in [1.29, 1.82) is 0 Å². The molecule has 2 aromatic carbocycles. The Balaban J connectivity index is 1.36. The Hall–Kier alpha value is -3.69. The average molecular weight is 658 g/mol. The number of nitrogens with zero attached hydrogens (tertiary/aromatic N) is 4. The second-order valence-corrected chi connectivity index (χ2v) is 11.5. The Morgan fingerprint density at radius 3 is 2.35 bits per heavy atom. The van der Waals surface area contributed by atoms with E-state index in [2.05, 4.69) is 15.0 Å². The van der Waals surface area contributed by atoms with Crippen molar-refractivity contribution in [3.63, 3.8) is 0 Å². The zero-order valence-corrected chi connectivity index (χ0v) is 25.1. The Bertz CT molecular complexity index is 1520. The van der Waals surface area contributed by atoms with Crippen molar-refractivity contribution in [3.8, 4) is 0 Å². The van der Waals surface area contributed by atoms with Gasteiger partial charge in [-0.05, 0) is 55.3 Å². The highest BCUT2D eigenvalue weighted by atomic mass is 19.4. The molecule has 2 aliphatic heterocycles. The van der Waals surface area contributed by atoms with Gasteiger partial charge in [-0.3, -0.25) is 14.6 Å². The summed E-state index contributed by atoms with van der Waals surface area (Å²) < 4.78 is 101. The first kappa shape index (κ1) is 33.7. The Kier molecular flexibility index (Phi) is 10.2. The van der Waals surface area contributed by atoms with Crippen molar-refractivity contribution < 1.29 is 45.1 Å². The van der Waals surface area contributed by atoms with E-state index < -0.39 is 46.8 Å². The fourth-order valence-corrected chi connectivity index (χ4v) is 5.83. The highest BCUT2D eigenvalue weighted by Crippen LogP contribution is 2.37. The third-order valence-corrected chi connectivity index (χ3v) is 8.12. The van der Waals surface area contributed by atoms with Gasteiger partial charge in [-0.1, -0.05) is 5.16 Å². The van der Waals surface area contributed by atoms with Gasteiger partial charge in [0.2, 0.25) is 0 Å². The second-order valence-electron chi connectivity index (χ2n) is 11.5. The number of alkyl halides is 6. The molecule has 0 spiro atoms. The van der Waals surface area contributed by atoms with E-state index in [1.165, 1.54) is 17.0 Å². The van der Waals surface area contributed by atoms with E-state index in [0.717, 1.165) is 13.1 Å². The van der Waals surface area contributed by atoms with Crippen molar-refractivity contribution in [2.75, 3.05) is 65.6 Å². The number of H-pyrrole nitrogens is 1. The van der Waals surface area contributed by atoms with Crippen LogP contribution in [0.15, 0.2) is 47.8 Å². The first-order chi connectivity index (χ1) is 21.8. The summed E-state index contributed by atoms with van der Waals surface area (Å²) in [7, 11) is 0. The number of amides is 1. The molecular formula is C31H34F7N5O3. The molecule has 0 radical (unpaired) electrons. The lowest BCUT2D eigenvalue weighted by Crippen LogP contribution is -2.56.